The largest absolute Gasteiger partial charge is 0.379 e. The van der Waals surface area contributed by atoms with E-state index < -0.39 is 5.66 Å². The molecule has 0 aliphatic carbocycles. The van der Waals surface area contributed by atoms with Gasteiger partial charge in [-0.2, -0.15) is 0 Å². The standard InChI is InChI=1S/C14H20N2O2/c1-14(15-2,16-8-10-18-11-9-16)13(17)12-6-4-3-5-7-12/h3-7,15H,8-11H2,1-2H3. The molecule has 0 radical (unpaired) electrons. The summed E-state index contributed by atoms with van der Waals surface area (Å²) in [6, 6.07) is 9.42. The van der Waals surface area contributed by atoms with Gasteiger partial charge in [0.1, 0.15) is 5.66 Å². The van der Waals surface area contributed by atoms with E-state index >= 15 is 0 Å². The summed E-state index contributed by atoms with van der Waals surface area (Å²) < 4.78 is 5.34. The van der Waals surface area contributed by atoms with Gasteiger partial charge in [0.25, 0.3) is 0 Å². The van der Waals surface area contributed by atoms with Crippen LogP contribution in [0.2, 0.25) is 0 Å². The number of rotatable bonds is 4. The fourth-order valence-corrected chi connectivity index (χ4v) is 2.30. The summed E-state index contributed by atoms with van der Waals surface area (Å²) in [6.07, 6.45) is 0. The van der Waals surface area contributed by atoms with Crippen LogP contribution < -0.4 is 5.32 Å². The minimum Gasteiger partial charge on any atom is -0.379 e. The van der Waals surface area contributed by atoms with Crippen molar-refractivity contribution >= 4 is 5.78 Å². The number of ether oxygens (including phenoxy) is 1. The first-order valence-electron chi connectivity index (χ1n) is 6.30. The number of benzene rings is 1. The van der Waals surface area contributed by atoms with Crippen molar-refractivity contribution in [2.75, 3.05) is 33.4 Å². The molecular formula is C14H20N2O2. The van der Waals surface area contributed by atoms with Crippen molar-refractivity contribution in [3.8, 4) is 0 Å². The lowest BCUT2D eigenvalue weighted by Crippen LogP contribution is -2.63. The van der Waals surface area contributed by atoms with Crippen molar-refractivity contribution in [2.24, 2.45) is 0 Å². The predicted octanol–water partition coefficient (Wildman–Crippen LogP) is 1.14. The molecule has 0 spiro atoms. The average molecular weight is 248 g/mol. The Morgan fingerprint density at radius 3 is 2.44 bits per heavy atom. The SMILES string of the molecule is CNC(C)(C(=O)c1ccccc1)N1CCOCC1. The van der Waals surface area contributed by atoms with Gasteiger partial charge in [0, 0.05) is 18.7 Å². The molecule has 4 heteroatoms. The molecular weight excluding hydrogens is 228 g/mol. The molecule has 1 fully saturated rings. The van der Waals surface area contributed by atoms with Crippen molar-refractivity contribution in [2.45, 2.75) is 12.6 Å². The lowest BCUT2D eigenvalue weighted by atomic mass is 9.97. The van der Waals surface area contributed by atoms with Gasteiger partial charge >= 0.3 is 0 Å². The monoisotopic (exact) mass is 248 g/mol. The van der Waals surface area contributed by atoms with Gasteiger partial charge in [-0.15, -0.1) is 0 Å². The highest BCUT2D eigenvalue weighted by Gasteiger charge is 2.38. The Morgan fingerprint density at radius 2 is 1.89 bits per heavy atom. The molecule has 18 heavy (non-hydrogen) atoms. The lowest BCUT2D eigenvalue weighted by Gasteiger charge is -2.41. The number of likely N-dealkylation sites (N-methyl/N-ethyl adjacent to an activating group) is 1. The second-order valence-corrected chi connectivity index (χ2v) is 4.62. The fraction of sp³-hybridized carbons (Fsp3) is 0.500. The van der Waals surface area contributed by atoms with Gasteiger partial charge in [-0.3, -0.25) is 15.0 Å². The summed E-state index contributed by atoms with van der Waals surface area (Å²) >= 11 is 0. The molecule has 1 aromatic carbocycles. The highest BCUT2D eigenvalue weighted by molar-refractivity contribution is 6.02. The number of nitrogens with one attached hydrogen (secondary N) is 1. The maximum atomic E-state index is 12.7. The number of hydrogen-bond acceptors (Lipinski definition) is 4. The van der Waals surface area contributed by atoms with E-state index in [0.717, 1.165) is 18.7 Å². The summed E-state index contributed by atoms with van der Waals surface area (Å²) in [5.41, 5.74) is 0.0753. The van der Waals surface area contributed by atoms with Crippen LogP contribution in [-0.4, -0.2) is 49.7 Å². The molecule has 0 saturated carbocycles. The van der Waals surface area contributed by atoms with Crippen LogP contribution in [0.15, 0.2) is 30.3 Å². The first kappa shape index (κ1) is 13.2. The summed E-state index contributed by atoms with van der Waals surface area (Å²) in [4.78, 5) is 14.8. The summed E-state index contributed by atoms with van der Waals surface area (Å²) in [5, 5.41) is 3.17. The van der Waals surface area contributed by atoms with E-state index in [1.807, 2.05) is 44.3 Å². The quantitative estimate of drug-likeness (QED) is 0.811. The fourth-order valence-electron chi connectivity index (χ4n) is 2.30. The van der Waals surface area contributed by atoms with Crippen LogP contribution in [0.25, 0.3) is 0 Å². The zero-order chi connectivity index (χ0) is 13.0. The van der Waals surface area contributed by atoms with E-state index in [9.17, 15) is 4.79 Å². The third-order valence-corrected chi connectivity index (χ3v) is 3.61. The Morgan fingerprint density at radius 1 is 1.28 bits per heavy atom. The van der Waals surface area contributed by atoms with Crippen molar-refractivity contribution in [1.82, 2.24) is 10.2 Å². The molecule has 1 atom stereocenters. The van der Waals surface area contributed by atoms with Crippen LogP contribution in [0.3, 0.4) is 0 Å². The first-order chi connectivity index (χ1) is 8.68. The third kappa shape index (κ3) is 2.46. The number of carbonyl (C=O) groups excluding carboxylic acids is 1. The van der Waals surface area contributed by atoms with Gasteiger partial charge in [0.05, 0.1) is 13.2 Å². The van der Waals surface area contributed by atoms with Gasteiger partial charge in [0.2, 0.25) is 0 Å². The predicted molar refractivity (Wildman–Crippen MR) is 70.6 cm³/mol. The zero-order valence-corrected chi connectivity index (χ0v) is 11.0. The summed E-state index contributed by atoms with van der Waals surface area (Å²) in [6.45, 7) is 4.85. The van der Waals surface area contributed by atoms with Gasteiger partial charge in [0.15, 0.2) is 5.78 Å². The molecule has 1 aliphatic rings. The smallest absolute Gasteiger partial charge is 0.197 e. The lowest BCUT2D eigenvalue weighted by molar-refractivity contribution is -0.0177. The molecule has 2 rings (SSSR count). The Balaban J connectivity index is 2.23. The number of Topliss-reactive ketones (excluding diaryl/α,β-unsaturated/α-hetero) is 1. The second kappa shape index (κ2) is 5.61. The molecule has 0 amide bonds. The third-order valence-electron chi connectivity index (χ3n) is 3.61. The average Bonchev–Trinajstić information content (AvgIpc) is 2.47. The number of carbonyl (C=O) groups is 1. The van der Waals surface area contributed by atoms with E-state index in [1.165, 1.54) is 0 Å². The molecule has 1 unspecified atom stereocenters. The van der Waals surface area contributed by atoms with Crippen molar-refractivity contribution in [1.29, 1.82) is 0 Å². The van der Waals surface area contributed by atoms with Gasteiger partial charge in [-0.1, -0.05) is 30.3 Å². The Bertz CT molecular complexity index is 402. The maximum Gasteiger partial charge on any atom is 0.197 e. The number of ketones is 1. The highest BCUT2D eigenvalue weighted by Crippen LogP contribution is 2.19. The highest BCUT2D eigenvalue weighted by atomic mass is 16.5. The molecule has 1 aliphatic heterocycles. The van der Waals surface area contributed by atoms with Crippen LogP contribution in [-0.2, 0) is 4.74 Å². The van der Waals surface area contributed by atoms with E-state index in [-0.39, 0.29) is 5.78 Å². The van der Waals surface area contributed by atoms with Gasteiger partial charge in [-0.25, -0.2) is 0 Å². The molecule has 1 N–H and O–H groups in total. The van der Waals surface area contributed by atoms with E-state index in [0.29, 0.717) is 13.2 Å². The molecule has 4 nitrogen and oxygen atoms in total. The van der Waals surface area contributed by atoms with Crippen LogP contribution in [0, 0.1) is 0 Å². The summed E-state index contributed by atoms with van der Waals surface area (Å²) in [5.74, 6) is 0.104. The normalized spacial score (nSPS) is 20.3. The van der Waals surface area contributed by atoms with E-state index in [2.05, 4.69) is 10.2 Å². The molecule has 0 aromatic heterocycles. The minimum atomic E-state index is -0.662. The van der Waals surface area contributed by atoms with Crippen LogP contribution >= 0.6 is 0 Å². The van der Waals surface area contributed by atoms with Crippen LogP contribution in [0.5, 0.6) is 0 Å². The Kier molecular flexibility index (Phi) is 4.11. The van der Waals surface area contributed by atoms with E-state index in [1.54, 1.807) is 0 Å². The maximum absolute atomic E-state index is 12.7. The van der Waals surface area contributed by atoms with Crippen molar-refractivity contribution in [3.63, 3.8) is 0 Å². The number of morpholine rings is 1. The van der Waals surface area contributed by atoms with E-state index in [4.69, 9.17) is 4.74 Å². The van der Waals surface area contributed by atoms with Gasteiger partial charge < -0.3 is 4.74 Å². The zero-order valence-electron chi connectivity index (χ0n) is 11.0. The van der Waals surface area contributed by atoms with Crippen molar-refractivity contribution in [3.05, 3.63) is 35.9 Å². The molecule has 0 bridgehead atoms. The first-order valence-corrected chi connectivity index (χ1v) is 6.30. The topological polar surface area (TPSA) is 41.6 Å². The van der Waals surface area contributed by atoms with Crippen molar-refractivity contribution < 1.29 is 9.53 Å². The minimum absolute atomic E-state index is 0.104. The number of hydrogen-bond donors (Lipinski definition) is 1. The Labute approximate surface area is 108 Å². The van der Waals surface area contributed by atoms with Gasteiger partial charge in [-0.05, 0) is 14.0 Å². The number of nitrogens with zero attached hydrogens (tertiary/aromatic N) is 1. The Hall–Kier alpha value is -1.23. The van der Waals surface area contributed by atoms with Crippen LogP contribution in [0.1, 0.15) is 17.3 Å². The second-order valence-electron chi connectivity index (χ2n) is 4.62. The van der Waals surface area contributed by atoms with Crippen LogP contribution in [0.4, 0.5) is 0 Å². The summed E-state index contributed by atoms with van der Waals surface area (Å²) in [7, 11) is 1.83. The molecule has 1 aromatic rings. The molecule has 1 heterocycles. The molecule has 98 valence electrons. The molecule has 1 saturated heterocycles.